The number of likely N-dealkylation sites (tertiary alicyclic amines) is 1. The molecule has 0 saturated carbocycles. The van der Waals surface area contributed by atoms with Crippen LogP contribution in [0, 0.1) is 12.7 Å². The normalized spacial score (nSPS) is 15.3. The smallest absolute Gasteiger partial charge is 0.287 e. The van der Waals surface area contributed by atoms with Gasteiger partial charge < -0.3 is 19.4 Å². The van der Waals surface area contributed by atoms with Gasteiger partial charge in [0.05, 0.1) is 6.61 Å². The minimum absolute atomic E-state index is 0.132. The van der Waals surface area contributed by atoms with Gasteiger partial charge in [-0.3, -0.25) is 4.79 Å². The first-order valence-electron chi connectivity index (χ1n) is 10.6. The van der Waals surface area contributed by atoms with E-state index in [0.717, 1.165) is 44.3 Å². The van der Waals surface area contributed by atoms with Gasteiger partial charge in [-0.1, -0.05) is 17.7 Å². The zero-order valence-corrected chi connectivity index (χ0v) is 18.3. The summed E-state index contributed by atoms with van der Waals surface area (Å²) < 4.78 is 24.8. The van der Waals surface area contributed by atoms with Gasteiger partial charge in [-0.25, -0.2) is 4.39 Å². The molecule has 3 aromatic rings. The number of amides is 1. The average Bonchev–Trinajstić information content (AvgIpc) is 3.18. The van der Waals surface area contributed by atoms with E-state index in [4.69, 9.17) is 20.8 Å². The number of halogens is 2. The highest BCUT2D eigenvalue weighted by Gasteiger charge is 2.22. The van der Waals surface area contributed by atoms with Gasteiger partial charge >= 0.3 is 0 Å². The number of carbonyl (C=O) groups excluding carboxylic acids is 1. The highest BCUT2D eigenvalue weighted by atomic mass is 35.5. The summed E-state index contributed by atoms with van der Waals surface area (Å²) in [6.45, 7) is 5.03. The van der Waals surface area contributed by atoms with Crippen molar-refractivity contribution in [3.8, 4) is 5.75 Å². The van der Waals surface area contributed by atoms with Crippen LogP contribution in [-0.4, -0.2) is 43.1 Å². The molecular formula is C24H26ClFN2O3. The molecule has 1 aromatic heterocycles. The molecule has 1 N–H and O–H groups in total. The van der Waals surface area contributed by atoms with Crippen LogP contribution in [0.1, 0.15) is 35.4 Å². The van der Waals surface area contributed by atoms with Gasteiger partial charge in [0.1, 0.15) is 17.1 Å². The van der Waals surface area contributed by atoms with Crippen LogP contribution in [0.5, 0.6) is 5.75 Å². The van der Waals surface area contributed by atoms with E-state index < -0.39 is 0 Å². The third kappa shape index (κ3) is 5.57. The third-order valence-corrected chi connectivity index (χ3v) is 5.89. The Balaban J connectivity index is 1.18. The van der Waals surface area contributed by atoms with Crippen molar-refractivity contribution < 1.29 is 18.3 Å². The van der Waals surface area contributed by atoms with E-state index in [-0.39, 0.29) is 17.8 Å². The Morgan fingerprint density at radius 2 is 2.03 bits per heavy atom. The van der Waals surface area contributed by atoms with Crippen LogP contribution in [0.15, 0.2) is 46.9 Å². The number of hydrogen-bond donors (Lipinski definition) is 1. The molecular weight excluding hydrogens is 419 g/mol. The molecule has 0 radical (unpaired) electrons. The van der Waals surface area contributed by atoms with Crippen molar-refractivity contribution >= 4 is 28.5 Å². The number of furan rings is 1. The summed E-state index contributed by atoms with van der Waals surface area (Å²) >= 11 is 6.00. The van der Waals surface area contributed by atoms with Gasteiger partial charge in [-0.05, 0) is 62.1 Å². The van der Waals surface area contributed by atoms with Crippen LogP contribution in [0.25, 0.3) is 11.0 Å². The highest BCUT2D eigenvalue weighted by Crippen LogP contribution is 2.23. The van der Waals surface area contributed by atoms with Crippen molar-refractivity contribution in [2.75, 3.05) is 26.2 Å². The zero-order chi connectivity index (χ0) is 21.8. The van der Waals surface area contributed by atoms with Crippen LogP contribution in [0.2, 0.25) is 5.02 Å². The molecule has 0 spiro atoms. The van der Waals surface area contributed by atoms with Crippen molar-refractivity contribution in [2.45, 2.75) is 32.2 Å². The summed E-state index contributed by atoms with van der Waals surface area (Å²) in [7, 11) is 0. The zero-order valence-electron chi connectivity index (χ0n) is 17.5. The molecule has 1 saturated heterocycles. The SMILES string of the molecule is Cc1ccc(OCCCN2CCC(NC(=O)c3cc4cc(Cl)ccc4o3)CC2)cc1F. The number of nitrogens with one attached hydrogen (secondary N) is 1. The highest BCUT2D eigenvalue weighted by molar-refractivity contribution is 6.31. The fourth-order valence-electron chi connectivity index (χ4n) is 3.83. The number of nitrogens with zero attached hydrogens (tertiary/aromatic N) is 1. The minimum atomic E-state index is -0.243. The minimum Gasteiger partial charge on any atom is -0.493 e. The number of rotatable bonds is 7. The molecule has 164 valence electrons. The first-order valence-corrected chi connectivity index (χ1v) is 11.0. The second-order valence-corrected chi connectivity index (χ2v) is 8.43. The molecule has 5 nitrogen and oxygen atoms in total. The predicted octanol–water partition coefficient (Wildman–Crippen LogP) is 5.20. The van der Waals surface area contributed by atoms with Crippen LogP contribution >= 0.6 is 11.6 Å². The van der Waals surface area contributed by atoms with Crippen molar-refractivity contribution in [1.82, 2.24) is 10.2 Å². The first-order chi connectivity index (χ1) is 15.0. The van der Waals surface area contributed by atoms with Crippen LogP contribution < -0.4 is 10.1 Å². The lowest BCUT2D eigenvalue weighted by Gasteiger charge is -2.32. The fraction of sp³-hybridized carbons (Fsp3) is 0.375. The summed E-state index contributed by atoms with van der Waals surface area (Å²) in [6.07, 6.45) is 2.65. The van der Waals surface area contributed by atoms with E-state index in [1.807, 2.05) is 0 Å². The molecule has 1 aliphatic rings. The topological polar surface area (TPSA) is 54.7 Å². The Morgan fingerprint density at radius 1 is 1.23 bits per heavy atom. The maximum Gasteiger partial charge on any atom is 0.287 e. The van der Waals surface area contributed by atoms with Crippen molar-refractivity contribution in [2.24, 2.45) is 0 Å². The number of benzene rings is 2. The van der Waals surface area contributed by atoms with Gasteiger partial charge in [0.15, 0.2) is 5.76 Å². The van der Waals surface area contributed by atoms with Crippen LogP contribution in [-0.2, 0) is 0 Å². The Hall–Kier alpha value is -2.57. The summed E-state index contributed by atoms with van der Waals surface area (Å²) in [5.74, 6) is 0.444. The van der Waals surface area contributed by atoms with E-state index in [1.54, 1.807) is 43.3 Å². The molecule has 4 rings (SSSR count). The van der Waals surface area contributed by atoms with E-state index in [1.165, 1.54) is 6.07 Å². The Bertz CT molecular complexity index is 1060. The Labute approximate surface area is 186 Å². The molecule has 1 amide bonds. The lowest BCUT2D eigenvalue weighted by molar-refractivity contribution is 0.0884. The second-order valence-electron chi connectivity index (χ2n) is 8.00. The maximum absolute atomic E-state index is 13.6. The third-order valence-electron chi connectivity index (χ3n) is 5.66. The summed E-state index contributed by atoms with van der Waals surface area (Å²) in [5, 5.41) is 4.51. The van der Waals surface area contributed by atoms with Crippen LogP contribution in [0.3, 0.4) is 0 Å². The maximum atomic E-state index is 13.6. The molecule has 1 fully saturated rings. The van der Waals surface area contributed by atoms with Crippen LogP contribution in [0.4, 0.5) is 4.39 Å². The monoisotopic (exact) mass is 444 g/mol. The molecule has 2 aromatic carbocycles. The van der Waals surface area contributed by atoms with Crippen molar-refractivity contribution in [3.05, 3.63) is 64.6 Å². The lowest BCUT2D eigenvalue weighted by atomic mass is 10.0. The standard InChI is InChI=1S/C24H26ClFN2O3/c1-16-3-5-20(15-21(16)26)30-12-2-9-28-10-7-19(8-11-28)27-24(29)23-14-17-13-18(25)4-6-22(17)31-23/h3-6,13-15,19H,2,7-12H2,1H3,(H,27,29). The number of hydrogen-bond acceptors (Lipinski definition) is 4. The van der Waals surface area contributed by atoms with E-state index in [9.17, 15) is 9.18 Å². The lowest BCUT2D eigenvalue weighted by Crippen LogP contribution is -2.44. The average molecular weight is 445 g/mol. The molecule has 0 atom stereocenters. The van der Waals surface area contributed by atoms with Gasteiger partial charge in [0.2, 0.25) is 0 Å². The second kappa shape index (κ2) is 9.71. The van der Waals surface area contributed by atoms with Gasteiger partial charge in [0, 0.05) is 42.2 Å². The largest absolute Gasteiger partial charge is 0.493 e. The summed E-state index contributed by atoms with van der Waals surface area (Å²) in [4.78, 5) is 14.9. The van der Waals surface area contributed by atoms with E-state index >= 15 is 0 Å². The summed E-state index contributed by atoms with van der Waals surface area (Å²) in [5.41, 5.74) is 1.27. The number of piperidine rings is 1. The number of ether oxygens (including phenoxy) is 1. The Morgan fingerprint density at radius 3 is 2.81 bits per heavy atom. The molecule has 0 aliphatic carbocycles. The van der Waals surface area contributed by atoms with E-state index in [0.29, 0.717) is 34.3 Å². The summed E-state index contributed by atoms with van der Waals surface area (Å²) in [6, 6.07) is 12.1. The van der Waals surface area contributed by atoms with Gasteiger partial charge in [-0.2, -0.15) is 0 Å². The van der Waals surface area contributed by atoms with Gasteiger partial charge in [-0.15, -0.1) is 0 Å². The Kier molecular flexibility index (Phi) is 6.78. The molecule has 1 aliphatic heterocycles. The van der Waals surface area contributed by atoms with Gasteiger partial charge in [0.25, 0.3) is 5.91 Å². The van der Waals surface area contributed by atoms with E-state index in [2.05, 4.69) is 10.2 Å². The molecule has 31 heavy (non-hydrogen) atoms. The molecule has 7 heteroatoms. The predicted molar refractivity (Wildman–Crippen MR) is 119 cm³/mol. The first kappa shape index (κ1) is 21.7. The van der Waals surface area contributed by atoms with Crippen molar-refractivity contribution in [1.29, 1.82) is 0 Å². The number of carbonyl (C=O) groups is 1. The number of aryl methyl sites for hydroxylation is 1. The molecule has 0 unspecified atom stereocenters. The quantitative estimate of drug-likeness (QED) is 0.509. The molecule has 2 heterocycles. The van der Waals surface area contributed by atoms with Crippen molar-refractivity contribution in [3.63, 3.8) is 0 Å². The molecule has 0 bridgehead atoms. The fourth-order valence-corrected chi connectivity index (χ4v) is 4.01. The number of fused-ring (bicyclic) bond motifs is 1.